The lowest BCUT2D eigenvalue weighted by Gasteiger charge is -2.18. The van der Waals surface area contributed by atoms with Crippen molar-refractivity contribution in [1.82, 2.24) is 5.32 Å². The number of sulfone groups is 1. The van der Waals surface area contributed by atoms with Gasteiger partial charge in [-0.15, -0.1) is 0 Å². The second-order valence-electron chi connectivity index (χ2n) is 4.24. The summed E-state index contributed by atoms with van der Waals surface area (Å²) in [5, 5.41) is 3.00. The van der Waals surface area contributed by atoms with E-state index >= 15 is 0 Å². The van der Waals surface area contributed by atoms with Gasteiger partial charge in [0.2, 0.25) is 0 Å². The fourth-order valence-electron chi connectivity index (χ4n) is 0.900. The Morgan fingerprint density at radius 1 is 1.15 bits per heavy atom. The number of nitrogens with one attached hydrogen (secondary N) is 1. The molecule has 1 N–H and O–H groups in total. The van der Waals surface area contributed by atoms with Crippen LogP contribution >= 0.6 is 0 Å². The molecule has 0 aliphatic rings. The molecule has 0 aromatic carbocycles. The minimum absolute atomic E-state index is 0.304. The lowest BCUT2D eigenvalue weighted by Crippen LogP contribution is -2.30. The molecular weight excluding hydrogens is 186 g/mol. The molecule has 80 valence electrons. The number of hydrogen-bond acceptors (Lipinski definition) is 3. The van der Waals surface area contributed by atoms with Crippen LogP contribution in [0, 0.1) is 0 Å². The molecular formula is C9H21NO2S. The number of hydrogen-bond donors (Lipinski definition) is 1. The van der Waals surface area contributed by atoms with Crippen molar-refractivity contribution < 1.29 is 8.42 Å². The van der Waals surface area contributed by atoms with Gasteiger partial charge in [-0.3, -0.25) is 0 Å². The Balaban J connectivity index is 3.92. The quantitative estimate of drug-likeness (QED) is 0.689. The molecule has 0 saturated carbocycles. The zero-order valence-electron chi connectivity index (χ0n) is 9.05. The van der Waals surface area contributed by atoms with Gasteiger partial charge < -0.3 is 5.32 Å². The van der Waals surface area contributed by atoms with Crippen molar-refractivity contribution in [2.75, 3.05) is 19.3 Å². The molecule has 0 saturated heterocycles. The van der Waals surface area contributed by atoms with Crippen LogP contribution in [0.3, 0.4) is 0 Å². The molecule has 3 nitrogen and oxygen atoms in total. The van der Waals surface area contributed by atoms with Crippen molar-refractivity contribution in [2.45, 2.75) is 38.4 Å². The summed E-state index contributed by atoms with van der Waals surface area (Å²) in [6, 6.07) is 0. The van der Waals surface area contributed by atoms with Gasteiger partial charge in [0.1, 0.15) is 0 Å². The molecule has 0 aliphatic heterocycles. The van der Waals surface area contributed by atoms with E-state index in [1.807, 2.05) is 7.05 Å². The molecule has 4 heteroatoms. The van der Waals surface area contributed by atoms with Gasteiger partial charge in [0.25, 0.3) is 0 Å². The summed E-state index contributed by atoms with van der Waals surface area (Å²) in [5.41, 5.74) is 0. The molecule has 0 amide bonds. The first-order valence-corrected chi connectivity index (χ1v) is 6.33. The first-order valence-electron chi connectivity index (χ1n) is 4.68. The van der Waals surface area contributed by atoms with Crippen molar-refractivity contribution in [2.24, 2.45) is 0 Å². The lowest BCUT2D eigenvalue weighted by molar-refractivity contribution is 0.555. The number of rotatable bonds is 5. The Morgan fingerprint density at radius 3 is 2.08 bits per heavy atom. The zero-order chi connectivity index (χ0) is 10.5. The van der Waals surface area contributed by atoms with E-state index in [0.717, 1.165) is 19.4 Å². The van der Waals surface area contributed by atoms with Crippen LogP contribution in [-0.2, 0) is 9.84 Å². The highest BCUT2D eigenvalue weighted by molar-refractivity contribution is 7.92. The average molecular weight is 207 g/mol. The van der Waals surface area contributed by atoms with Gasteiger partial charge in [-0.05, 0) is 47.2 Å². The van der Waals surface area contributed by atoms with E-state index in [9.17, 15) is 8.42 Å². The predicted molar refractivity (Wildman–Crippen MR) is 56.7 cm³/mol. The maximum Gasteiger partial charge on any atom is 0.155 e. The summed E-state index contributed by atoms with van der Waals surface area (Å²) < 4.78 is 22.6. The molecule has 0 unspecified atom stereocenters. The summed E-state index contributed by atoms with van der Waals surface area (Å²) in [6.07, 6.45) is 1.67. The maximum absolute atomic E-state index is 11.6. The van der Waals surface area contributed by atoms with Gasteiger partial charge >= 0.3 is 0 Å². The Bertz CT molecular complexity index is 226. The lowest BCUT2D eigenvalue weighted by atomic mass is 10.3. The van der Waals surface area contributed by atoms with Gasteiger partial charge in [0, 0.05) is 0 Å². The molecule has 0 heterocycles. The van der Waals surface area contributed by atoms with E-state index in [-0.39, 0.29) is 0 Å². The smallest absolute Gasteiger partial charge is 0.155 e. The third-order valence-electron chi connectivity index (χ3n) is 2.02. The average Bonchev–Trinajstić information content (AvgIpc) is 1.96. The minimum Gasteiger partial charge on any atom is -0.320 e. The van der Waals surface area contributed by atoms with E-state index in [1.54, 1.807) is 20.8 Å². The Labute approximate surface area is 81.8 Å². The molecule has 0 rings (SSSR count). The monoisotopic (exact) mass is 207 g/mol. The first-order chi connectivity index (χ1) is 5.81. The van der Waals surface area contributed by atoms with Gasteiger partial charge in [-0.2, -0.15) is 0 Å². The van der Waals surface area contributed by atoms with Crippen molar-refractivity contribution in [3.63, 3.8) is 0 Å². The van der Waals surface area contributed by atoms with Crippen molar-refractivity contribution in [3.8, 4) is 0 Å². The molecule has 0 aromatic rings. The van der Waals surface area contributed by atoms with Crippen molar-refractivity contribution in [1.29, 1.82) is 0 Å². The maximum atomic E-state index is 11.6. The van der Waals surface area contributed by atoms with Crippen LogP contribution < -0.4 is 5.32 Å². The SMILES string of the molecule is CNCCCCS(=O)(=O)C(C)(C)C. The van der Waals surface area contributed by atoms with Crippen LogP contribution in [-0.4, -0.2) is 32.5 Å². The van der Waals surface area contributed by atoms with E-state index in [0.29, 0.717) is 5.75 Å². The van der Waals surface area contributed by atoms with E-state index in [4.69, 9.17) is 0 Å². The highest BCUT2D eigenvalue weighted by Gasteiger charge is 2.27. The van der Waals surface area contributed by atoms with Crippen molar-refractivity contribution >= 4 is 9.84 Å². The van der Waals surface area contributed by atoms with Crippen LogP contribution in [0.5, 0.6) is 0 Å². The molecule has 0 aromatic heterocycles. The second kappa shape index (κ2) is 4.96. The molecule has 0 bridgehead atoms. The van der Waals surface area contributed by atoms with Crippen LogP contribution in [0.15, 0.2) is 0 Å². The van der Waals surface area contributed by atoms with Crippen LogP contribution in [0.4, 0.5) is 0 Å². The summed E-state index contributed by atoms with van der Waals surface area (Å²) in [6.45, 7) is 6.14. The summed E-state index contributed by atoms with van der Waals surface area (Å²) >= 11 is 0. The first kappa shape index (κ1) is 12.9. The molecule has 13 heavy (non-hydrogen) atoms. The van der Waals surface area contributed by atoms with Gasteiger partial charge in [0.05, 0.1) is 10.5 Å². The molecule has 0 atom stereocenters. The highest BCUT2D eigenvalue weighted by atomic mass is 32.2. The summed E-state index contributed by atoms with van der Waals surface area (Å²) in [5.74, 6) is 0.304. The largest absolute Gasteiger partial charge is 0.320 e. The third-order valence-corrected chi connectivity index (χ3v) is 4.72. The minimum atomic E-state index is -2.91. The van der Waals surface area contributed by atoms with Gasteiger partial charge in [-0.25, -0.2) is 8.42 Å². The van der Waals surface area contributed by atoms with E-state index in [2.05, 4.69) is 5.32 Å². The van der Waals surface area contributed by atoms with Crippen LogP contribution in [0.25, 0.3) is 0 Å². The summed E-state index contributed by atoms with van der Waals surface area (Å²) in [4.78, 5) is 0. The normalized spacial score (nSPS) is 13.2. The molecule has 0 spiro atoms. The Morgan fingerprint density at radius 2 is 1.69 bits per heavy atom. The highest BCUT2D eigenvalue weighted by Crippen LogP contribution is 2.16. The fourth-order valence-corrected chi connectivity index (χ4v) is 2.10. The van der Waals surface area contributed by atoms with Crippen LogP contribution in [0.1, 0.15) is 33.6 Å². The van der Waals surface area contributed by atoms with Gasteiger partial charge in [-0.1, -0.05) is 0 Å². The van der Waals surface area contributed by atoms with Crippen molar-refractivity contribution in [3.05, 3.63) is 0 Å². The molecule has 0 fully saturated rings. The third kappa shape index (κ3) is 4.62. The van der Waals surface area contributed by atoms with E-state index < -0.39 is 14.6 Å². The topological polar surface area (TPSA) is 46.2 Å². The zero-order valence-corrected chi connectivity index (χ0v) is 9.87. The summed E-state index contributed by atoms with van der Waals surface area (Å²) in [7, 11) is -1.03. The van der Waals surface area contributed by atoms with Crippen LogP contribution in [0.2, 0.25) is 0 Å². The molecule has 0 radical (unpaired) electrons. The Hall–Kier alpha value is -0.0900. The fraction of sp³-hybridized carbons (Fsp3) is 1.00. The standard InChI is InChI=1S/C9H21NO2S/c1-9(2,3)13(11,12)8-6-5-7-10-4/h10H,5-8H2,1-4H3. The van der Waals surface area contributed by atoms with Gasteiger partial charge in [0.15, 0.2) is 9.84 Å². The van der Waals surface area contributed by atoms with E-state index in [1.165, 1.54) is 0 Å². The molecule has 0 aliphatic carbocycles. The predicted octanol–water partition coefficient (Wildman–Crippen LogP) is 1.20. The number of unbranched alkanes of at least 4 members (excludes halogenated alkanes) is 1. The second-order valence-corrected chi connectivity index (χ2v) is 7.10. The Kier molecular flexibility index (Phi) is 4.92.